The number of nitrogens with two attached hydrogens (primary N) is 2. The second-order valence-corrected chi connectivity index (χ2v) is 6.63. The van der Waals surface area contributed by atoms with Gasteiger partial charge in [-0.2, -0.15) is 0 Å². The van der Waals surface area contributed by atoms with Crippen molar-refractivity contribution in [1.82, 2.24) is 15.0 Å². The van der Waals surface area contributed by atoms with Gasteiger partial charge in [-0.05, 0) is 36.3 Å². The van der Waals surface area contributed by atoms with Gasteiger partial charge in [0, 0.05) is 12.0 Å². The highest BCUT2D eigenvalue weighted by Gasteiger charge is 2.43. The number of nitrogens with zero attached hydrogens (tertiary/aromatic N) is 2. The molecule has 2 aromatic heterocycles. The van der Waals surface area contributed by atoms with Gasteiger partial charge in [0.2, 0.25) is 0 Å². The molecule has 20 heavy (non-hydrogen) atoms. The van der Waals surface area contributed by atoms with Crippen LogP contribution in [-0.4, -0.2) is 21.0 Å². The number of nitrogens with one attached hydrogen (secondary N) is 1. The summed E-state index contributed by atoms with van der Waals surface area (Å²) in [7, 11) is 0. The maximum Gasteiger partial charge on any atom is 0.179 e. The van der Waals surface area contributed by atoms with Crippen LogP contribution in [0.1, 0.15) is 45.4 Å². The Bertz CT molecular complexity index is 630. The number of pyridine rings is 1. The van der Waals surface area contributed by atoms with E-state index in [1.165, 1.54) is 0 Å². The molecule has 5 heteroatoms. The van der Waals surface area contributed by atoms with Gasteiger partial charge in [0.25, 0.3) is 0 Å². The number of fused-ring (bicyclic) bond motifs is 1. The van der Waals surface area contributed by atoms with E-state index in [2.05, 4.69) is 35.7 Å². The number of anilines is 1. The number of H-pyrrole nitrogens is 1. The first-order valence-electron chi connectivity index (χ1n) is 7.27. The van der Waals surface area contributed by atoms with Gasteiger partial charge in [0.05, 0.1) is 5.52 Å². The highest BCUT2D eigenvalue weighted by molar-refractivity contribution is 5.72. The van der Waals surface area contributed by atoms with Gasteiger partial charge in [-0.15, -0.1) is 0 Å². The Labute approximate surface area is 119 Å². The number of hydrogen-bond donors (Lipinski definition) is 3. The van der Waals surface area contributed by atoms with Crippen LogP contribution in [-0.2, 0) is 0 Å². The molecule has 5 nitrogen and oxygen atoms in total. The van der Waals surface area contributed by atoms with Crippen LogP contribution in [0.4, 0.5) is 5.82 Å². The summed E-state index contributed by atoms with van der Waals surface area (Å²) in [6, 6.07) is 4.02. The minimum absolute atomic E-state index is 0.122. The smallest absolute Gasteiger partial charge is 0.179 e. The van der Waals surface area contributed by atoms with Crippen LogP contribution in [0.3, 0.4) is 0 Å². The molecule has 1 aliphatic rings. The van der Waals surface area contributed by atoms with Crippen molar-refractivity contribution in [3.63, 3.8) is 0 Å². The topological polar surface area (TPSA) is 93.6 Å². The van der Waals surface area contributed by atoms with Crippen LogP contribution in [0.15, 0.2) is 12.1 Å². The molecule has 0 amide bonds. The molecule has 0 aliphatic heterocycles. The van der Waals surface area contributed by atoms with Crippen LogP contribution in [0.2, 0.25) is 0 Å². The number of imidazole rings is 1. The Balaban J connectivity index is 2.01. The van der Waals surface area contributed by atoms with Crippen molar-refractivity contribution >= 4 is 17.0 Å². The molecule has 3 atom stereocenters. The van der Waals surface area contributed by atoms with Crippen LogP contribution < -0.4 is 11.5 Å². The number of rotatable bonds is 1. The van der Waals surface area contributed by atoms with Crippen LogP contribution in [0.5, 0.6) is 0 Å². The minimum Gasteiger partial charge on any atom is -0.384 e. The van der Waals surface area contributed by atoms with E-state index in [1.807, 2.05) is 6.07 Å². The molecule has 0 radical (unpaired) electrons. The molecule has 1 saturated carbocycles. The third-order valence-electron chi connectivity index (χ3n) is 5.22. The summed E-state index contributed by atoms with van der Waals surface area (Å²) in [5.41, 5.74) is 13.7. The van der Waals surface area contributed by atoms with Crippen molar-refractivity contribution in [2.45, 2.75) is 45.6 Å². The molecule has 2 aromatic rings. The second-order valence-electron chi connectivity index (χ2n) is 6.63. The minimum atomic E-state index is 0.122. The molecule has 1 aliphatic carbocycles. The summed E-state index contributed by atoms with van der Waals surface area (Å²) in [6.45, 7) is 6.82. The fraction of sp³-hybridized carbons (Fsp3) is 0.600. The van der Waals surface area contributed by atoms with Crippen LogP contribution in [0, 0.1) is 11.3 Å². The Morgan fingerprint density at radius 3 is 2.75 bits per heavy atom. The molecular weight excluding hydrogens is 250 g/mol. The third kappa shape index (κ3) is 1.97. The Hall–Kier alpha value is -1.62. The summed E-state index contributed by atoms with van der Waals surface area (Å²) in [5, 5.41) is 0. The van der Waals surface area contributed by atoms with Crippen molar-refractivity contribution in [3.05, 3.63) is 18.0 Å². The second kappa shape index (κ2) is 4.45. The standard InChI is InChI=1S/C15H23N5/c1-8-10(16)5-4-9(15(8,2)3)13-18-11-6-7-12(17)19-14(11)20-13/h6-10H,4-5,16H2,1-3H3,(H3,17,18,19,20). The monoisotopic (exact) mass is 273 g/mol. The van der Waals surface area contributed by atoms with Gasteiger partial charge in [0.1, 0.15) is 11.6 Å². The maximum absolute atomic E-state index is 6.23. The van der Waals surface area contributed by atoms with Crippen LogP contribution in [0.25, 0.3) is 11.2 Å². The number of nitrogen functional groups attached to an aromatic ring is 1. The van der Waals surface area contributed by atoms with E-state index in [1.54, 1.807) is 6.07 Å². The quantitative estimate of drug-likeness (QED) is 0.743. The summed E-state index contributed by atoms with van der Waals surface area (Å²) >= 11 is 0. The zero-order valence-corrected chi connectivity index (χ0v) is 12.4. The molecule has 3 rings (SSSR count). The molecule has 2 heterocycles. The predicted octanol–water partition coefficient (Wildman–Crippen LogP) is 2.41. The molecule has 108 valence electrons. The van der Waals surface area contributed by atoms with Crippen LogP contribution >= 0.6 is 0 Å². The fourth-order valence-corrected chi connectivity index (χ4v) is 3.43. The summed E-state index contributed by atoms with van der Waals surface area (Å²) < 4.78 is 0. The average molecular weight is 273 g/mol. The molecule has 3 unspecified atom stereocenters. The van der Waals surface area contributed by atoms with Crippen molar-refractivity contribution in [2.75, 3.05) is 5.73 Å². The van der Waals surface area contributed by atoms with E-state index in [4.69, 9.17) is 11.5 Å². The third-order valence-corrected chi connectivity index (χ3v) is 5.22. The predicted molar refractivity (Wildman–Crippen MR) is 81.2 cm³/mol. The highest BCUT2D eigenvalue weighted by atomic mass is 15.0. The molecule has 5 N–H and O–H groups in total. The first kappa shape index (κ1) is 13.4. The Morgan fingerprint density at radius 2 is 2.00 bits per heavy atom. The Kier molecular flexibility index (Phi) is 2.97. The van der Waals surface area contributed by atoms with Crippen molar-refractivity contribution in [3.8, 4) is 0 Å². The van der Waals surface area contributed by atoms with Crippen molar-refractivity contribution in [2.24, 2.45) is 17.1 Å². The van der Waals surface area contributed by atoms with Gasteiger partial charge in [-0.1, -0.05) is 20.8 Å². The number of aromatic nitrogens is 3. The lowest BCUT2D eigenvalue weighted by Crippen LogP contribution is -2.46. The fourth-order valence-electron chi connectivity index (χ4n) is 3.43. The molecular formula is C15H23N5. The van der Waals surface area contributed by atoms with Gasteiger partial charge in [-0.25, -0.2) is 9.97 Å². The normalized spacial score (nSPS) is 29.7. The lowest BCUT2D eigenvalue weighted by Gasteiger charge is -2.46. The van der Waals surface area contributed by atoms with E-state index in [0.717, 1.165) is 24.2 Å². The van der Waals surface area contributed by atoms with Crippen molar-refractivity contribution < 1.29 is 0 Å². The maximum atomic E-state index is 6.23. The zero-order chi connectivity index (χ0) is 14.5. The highest BCUT2D eigenvalue weighted by Crippen LogP contribution is 2.49. The van der Waals surface area contributed by atoms with E-state index < -0.39 is 0 Å². The lowest BCUT2D eigenvalue weighted by molar-refractivity contribution is 0.0954. The van der Waals surface area contributed by atoms with Gasteiger partial charge in [0.15, 0.2) is 5.65 Å². The molecule has 0 saturated heterocycles. The van der Waals surface area contributed by atoms with E-state index >= 15 is 0 Å². The summed E-state index contributed by atoms with van der Waals surface area (Å²) in [4.78, 5) is 12.4. The molecule has 1 fully saturated rings. The molecule has 0 aromatic carbocycles. The summed E-state index contributed by atoms with van der Waals surface area (Å²) in [5.74, 6) is 2.37. The lowest BCUT2D eigenvalue weighted by atomic mass is 9.61. The summed E-state index contributed by atoms with van der Waals surface area (Å²) in [6.07, 6.45) is 2.11. The van der Waals surface area contributed by atoms with Gasteiger partial charge >= 0.3 is 0 Å². The van der Waals surface area contributed by atoms with E-state index in [0.29, 0.717) is 23.3 Å². The Morgan fingerprint density at radius 1 is 1.25 bits per heavy atom. The van der Waals surface area contributed by atoms with Gasteiger partial charge in [-0.3, -0.25) is 0 Å². The first-order chi connectivity index (χ1) is 9.39. The van der Waals surface area contributed by atoms with E-state index in [-0.39, 0.29) is 11.5 Å². The number of aromatic amines is 1. The molecule has 0 spiro atoms. The average Bonchev–Trinajstić information content (AvgIpc) is 2.78. The SMILES string of the molecule is CC1C(N)CCC(c2nc3nc(N)ccc3[nH]2)C1(C)C. The first-order valence-corrected chi connectivity index (χ1v) is 7.27. The number of hydrogen-bond acceptors (Lipinski definition) is 4. The zero-order valence-electron chi connectivity index (χ0n) is 12.4. The largest absolute Gasteiger partial charge is 0.384 e. The molecule has 0 bridgehead atoms. The van der Waals surface area contributed by atoms with Gasteiger partial charge < -0.3 is 16.5 Å². The van der Waals surface area contributed by atoms with Crippen molar-refractivity contribution in [1.29, 1.82) is 0 Å². The van der Waals surface area contributed by atoms with E-state index in [9.17, 15) is 0 Å².